The normalized spacial score (nSPS) is 20.1. The number of amides is 1. The fourth-order valence-corrected chi connectivity index (χ4v) is 2.79. The van der Waals surface area contributed by atoms with Crippen molar-refractivity contribution in [1.82, 2.24) is 14.3 Å². The molecule has 1 heterocycles. The van der Waals surface area contributed by atoms with Gasteiger partial charge in [-0.25, -0.2) is 0 Å². The average Bonchev–Trinajstić information content (AvgIpc) is 1.99. The van der Waals surface area contributed by atoms with Gasteiger partial charge in [-0.1, -0.05) is 0 Å². The van der Waals surface area contributed by atoms with Gasteiger partial charge in [0.15, 0.2) is 0 Å². The van der Waals surface area contributed by atoms with Gasteiger partial charge in [0.1, 0.15) is 0 Å². The third kappa shape index (κ3) is 3.77. The smallest absolute Gasteiger partial charge is 0.280 e. The molecule has 0 saturated carbocycles. The Kier molecular flexibility index (Phi) is 3.37. The maximum Gasteiger partial charge on any atom is 0.280 e. The number of rotatable bonds is 2. The molecule has 1 amide bonds. The van der Waals surface area contributed by atoms with Gasteiger partial charge in [0.25, 0.3) is 10.2 Å². The first-order valence-corrected chi connectivity index (χ1v) is 6.20. The van der Waals surface area contributed by atoms with Crippen molar-refractivity contribution in [3.05, 3.63) is 0 Å². The minimum Gasteiger partial charge on any atom is -0.354 e. The van der Waals surface area contributed by atoms with Crippen LogP contribution in [-0.2, 0) is 15.0 Å². The van der Waals surface area contributed by atoms with E-state index in [1.165, 1.54) is 0 Å². The van der Waals surface area contributed by atoms with Crippen molar-refractivity contribution in [2.24, 2.45) is 0 Å². The summed E-state index contributed by atoms with van der Waals surface area (Å²) >= 11 is 0. The molecule has 0 aliphatic carbocycles. The molecule has 0 bridgehead atoms. The molecule has 1 aliphatic rings. The summed E-state index contributed by atoms with van der Waals surface area (Å²) in [7, 11) is -3.55. The van der Waals surface area contributed by atoms with Crippen LogP contribution in [0.1, 0.15) is 20.8 Å². The van der Waals surface area contributed by atoms with Crippen LogP contribution >= 0.6 is 0 Å². The van der Waals surface area contributed by atoms with Gasteiger partial charge in [-0.3, -0.25) is 4.79 Å². The van der Waals surface area contributed by atoms with Gasteiger partial charge in [-0.05, 0) is 20.8 Å². The highest BCUT2D eigenvalue weighted by molar-refractivity contribution is 7.87. The van der Waals surface area contributed by atoms with Crippen molar-refractivity contribution in [2.75, 3.05) is 19.6 Å². The van der Waals surface area contributed by atoms with Crippen molar-refractivity contribution < 1.29 is 13.2 Å². The zero-order chi connectivity index (χ0) is 11.7. The molecule has 1 saturated heterocycles. The Morgan fingerprint density at radius 3 is 2.47 bits per heavy atom. The summed E-state index contributed by atoms with van der Waals surface area (Å²) in [6.07, 6.45) is 0. The topological polar surface area (TPSA) is 78.5 Å². The molecule has 0 unspecified atom stereocenters. The summed E-state index contributed by atoms with van der Waals surface area (Å²) in [5.41, 5.74) is -0.535. The molecule has 2 N–H and O–H groups in total. The van der Waals surface area contributed by atoms with E-state index in [9.17, 15) is 13.2 Å². The quantitative estimate of drug-likeness (QED) is 0.648. The molecular weight excluding hydrogens is 218 g/mol. The third-order valence-corrected chi connectivity index (χ3v) is 3.64. The molecule has 1 fully saturated rings. The standard InChI is InChI=1S/C8H17N3O3S/c1-8(2,3)10-15(13,14)11-5-4-9-7(12)6-11/h10H,4-6H2,1-3H3,(H,9,12). The van der Waals surface area contributed by atoms with Crippen LogP contribution in [0.15, 0.2) is 0 Å². The lowest BCUT2D eigenvalue weighted by Gasteiger charge is -2.29. The van der Waals surface area contributed by atoms with Crippen molar-refractivity contribution in [2.45, 2.75) is 26.3 Å². The molecule has 0 aromatic carbocycles. The van der Waals surface area contributed by atoms with E-state index in [4.69, 9.17) is 0 Å². The van der Waals surface area contributed by atoms with Crippen LogP contribution in [0.5, 0.6) is 0 Å². The number of carbonyl (C=O) groups excluding carboxylic acids is 1. The number of hydrogen-bond donors (Lipinski definition) is 2. The van der Waals surface area contributed by atoms with Gasteiger partial charge in [0, 0.05) is 18.6 Å². The first-order valence-electron chi connectivity index (χ1n) is 4.76. The van der Waals surface area contributed by atoms with Gasteiger partial charge >= 0.3 is 0 Å². The number of piperazine rings is 1. The van der Waals surface area contributed by atoms with Gasteiger partial charge in [-0.2, -0.15) is 17.4 Å². The molecule has 15 heavy (non-hydrogen) atoms. The predicted octanol–water partition coefficient (Wildman–Crippen LogP) is -0.949. The second-order valence-electron chi connectivity index (χ2n) is 4.54. The second-order valence-corrected chi connectivity index (χ2v) is 6.21. The van der Waals surface area contributed by atoms with Crippen molar-refractivity contribution in [3.63, 3.8) is 0 Å². The molecule has 1 rings (SSSR count). The Labute approximate surface area is 90.2 Å². The zero-order valence-corrected chi connectivity index (χ0v) is 10.0. The Bertz CT molecular complexity index is 345. The number of nitrogens with zero attached hydrogens (tertiary/aromatic N) is 1. The van der Waals surface area contributed by atoms with Crippen LogP contribution in [0.2, 0.25) is 0 Å². The number of nitrogens with one attached hydrogen (secondary N) is 2. The van der Waals surface area contributed by atoms with Crippen LogP contribution in [-0.4, -0.2) is 43.8 Å². The molecular formula is C8H17N3O3S. The molecule has 0 aromatic rings. The van der Waals surface area contributed by atoms with E-state index in [0.29, 0.717) is 13.1 Å². The summed E-state index contributed by atoms with van der Waals surface area (Å²) < 4.78 is 27.2. The SMILES string of the molecule is CC(C)(C)NS(=O)(=O)N1CCNC(=O)C1. The van der Waals surface area contributed by atoms with E-state index in [2.05, 4.69) is 10.0 Å². The van der Waals surface area contributed by atoms with Crippen LogP contribution in [0, 0.1) is 0 Å². The van der Waals surface area contributed by atoms with Crippen molar-refractivity contribution in [1.29, 1.82) is 0 Å². The first-order chi connectivity index (χ1) is 6.71. The summed E-state index contributed by atoms with van der Waals surface area (Å²) in [5, 5.41) is 2.57. The molecule has 0 spiro atoms. The highest BCUT2D eigenvalue weighted by Gasteiger charge is 2.30. The molecule has 1 aliphatic heterocycles. The predicted molar refractivity (Wildman–Crippen MR) is 56.4 cm³/mol. The Hall–Kier alpha value is -0.660. The fourth-order valence-electron chi connectivity index (χ4n) is 1.27. The summed E-state index contributed by atoms with van der Waals surface area (Å²) in [5.74, 6) is -0.263. The lowest BCUT2D eigenvalue weighted by molar-refractivity contribution is -0.122. The van der Waals surface area contributed by atoms with Crippen LogP contribution in [0.25, 0.3) is 0 Å². The van der Waals surface area contributed by atoms with Crippen LogP contribution < -0.4 is 10.0 Å². The highest BCUT2D eigenvalue weighted by Crippen LogP contribution is 2.07. The molecule has 88 valence electrons. The maximum atomic E-state index is 11.8. The van der Waals surface area contributed by atoms with E-state index in [-0.39, 0.29) is 12.5 Å². The summed E-state index contributed by atoms with van der Waals surface area (Å²) in [6.45, 7) is 5.85. The third-order valence-electron chi connectivity index (χ3n) is 1.78. The molecule has 6 nitrogen and oxygen atoms in total. The van der Waals surface area contributed by atoms with E-state index < -0.39 is 15.7 Å². The zero-order valence-electron chi connectivity index (χ0n) is 9.20. The van der Waals surface area contributed by atoms with E-state index in [1.807, 2.05) is 0 Å². The Morgan fingerprint density at radius 1 is 1.40 bits per heavy atom. The second kappa shape index (κ2) is 4.07. The van der Waals surface area contributed by atoms with E-state index >= 15 is 0 Å². The lowest BCUT2D eigenvalue weighted by atomic mass is 10.1. The van der Waals surface area contributed by atoms with Crippen LogP contribution in [0.3, 0.4) is 0 Å². The lowest BCUT2D eigenvalue weighted by Crippen LogP contribution is -2.56. The Morgan fingerprint density at radius 2 is 2.00 bits per heavy atom. The fraction of sp³-hybridized carbons (Fsp3) is 0.875. The van der Waals surface area contributed by atoms with Gasteiger partial charge in [0.05, 0.1) is 6.54 Å². The van der Waals surface area contributed by atoms with Gasteiger partial charge in [0.2, 0.25) is 5.91 Å². The van der Waals surface area contributed by atoms with Gasteiger partial charge < -0.3 is 5.32 Å². The van der Waals surface area contributed by atoms with Crippen LogP contribution in [0.4, 0.5) is 0 Å². The molecule has 7 heteroatoms. The largest absolute Gasteiger partial charge is 0.354 e. The molecule has 0 atom stereocenters. The summed E-state index contributed by atoms with van der Waals surface area (Å²) in [6, 6.07) is 0. The average molecular weight is 235 g/mol. The molecule has 0 aromatic heterocycles. The Balaban J connectivity index is 2.73. The number of hydrogen-bond acceptors (Lipinski definition) is 3. The minimum atomic E-state index is -3.55. The molecule has 0 radical (unpaired) electrons. The van der Waals surface area contributed by atoms with Crippen molar-refractivity contribution >= 4 is 16.1 Å². The maximum absolute atomic E-state index is 11.8. The number of carbonyl (C=O) groups is 1. The first kappa shape index (κ1) is 12.4. The van der Waals surface area contributed by atoms with E-state index in [1.54, 1.807) is 20.8 Å². The monoisotopic (exact) mass is 235 g/mol. The minimum absolute atomic E-state index is 0.106. The van der Waals surface area contributed by atoms with Gasteiger partial charge in [-0.15, -0.1) is 0 Å². The highest BCUT2D eigenvalue weighted by atomic mass is 32.2. The van der Waals surface area contributed by atoms with E-state index in [0.717, 1.165) is 4.31 Å². The summed E-state index contributed by atoms with van der Waals surface area (Å²) in [4.78, 5) is 11.0. The van der Waals surface area contributed by atoms with Crippen molar-refractivity contribution in [3.8, 4) is 0 Å².